The molecular weight excluding hydrogens is 452 g/mol. The number of nitrogens with one attached hydrogen (secondary N) is 2. The Hall–Kier alpha value is -1.84. The lowest BCUT2D eigenvalue weighted by Crippen LogP contribution is -2.31. The van der Waals surface area contributed by atoms with Crippen molar-refractivity contribution in [2.75, 3.05) is 23.9 Å². The van der Waals surface area contributed by atoms with E-state index in [0.717, 1.165) is 9.35 Å². The summed E-state index contributed by atoms with van der Waals surface area (Å²) < 4.78 is 5.56. The highest BCUT2D eigenvalue weighted by Crippen LogP contribution is 2.22. The van der Waals surface area contributed by atoms with Crippen LogP contribution in [0.1, 0.15) is 17.3 Å². The third-order valence-corrected chi connectivity index (χ3v) is 5.81. The van der Waals surface area contributed by atoms with Gasteiger partial charge in [0.05, 0.1) is 31.1 Å². The van der Waals surface area contributed by atoms with E-state index in [1.807, 2.05) is 29.6 Å². The number of ether oxygens (including phenoxy) is 1. The first kappa shape index (κ1) is 21.5. The van der Waals surface area contributed by atoms with Gasteiger partial charge in [-0.05, 0) is 29.6 Å². The molecule has 0 saturated carbocycles. The number of thiophene rings is 1. The maximum Gasteiger partial charge on any atom is 0.307 e. The smallest absolute Gasteiger partial charge is 0.307 e. The van der Waals surface area contributed by atoms with Gasteiger partial charge in [0.1, 0.15) is 0 Å². The van der Waals surface area contributed by atoms with Crippen molar-refractivity contribution in [1.29, 1.82) is 0 Å². The van der Waals surface area contributed by atoms with Crippen LogP contribution in [0.25, 0.3) is 0 Å². The van der Waals surface area contributed by atoms with E-state index in [2.05, 4.69) is 26.6 Å². The average molecular weight is 471 g/mol. The lowest BCUT2D eigenvalue weighted by atomic mass is 10.1. The normalized spacial score (nSPS) is 11.5. The van der Waals surface area contributed by atoms with Crippen molar-refractivity contribution in [3.05, 3.63) is 51.1 Å². The Labute approximate surface area is 174 Å². The first-order valence-electron chi connectivity index (χ1n) is 8.00. The molecule has 0 aliphatic heterocycles. The summed E-state index contributed by atoms with van der Waals surface area (Å²) in [5.74, 6) is -0.544. The quantitative estimate of drug-likeness (QED) is 0.546. The summed E-state index contributed by atoms with van der Waals surface area (Å²) in [5.41, 5.74) is 0.690. The molecule has 9 heteroatoms. The number of esters is 1. The van der Waals surface area contributed by atoms with Crippen molar-refractivity contribution < 1.29 is 19.1 Å². The Morgan fingerprint density at radius 2 is 1.96 bits per heavy atom. The molecule has 144 valence electrons. The van der Waals surface area contributed by atoms with Crippen molar-refractivity contribution in [2.24, 2.45) is 0 Å². The number of hydrogen-bond donors (Lipinski definition) is 2. The molecule has 6 nitrogen and oxygen atoms in total. The maximum absolute atomic E-state index is 12.2. The van der Waals surface area contributed by atoms with Crippen LogP contribution in [0.5, 0.6) is 0 Å². The van der Waals surface area contributed by atoms with Crippen LogP contribution < -0.4 is 10.6 Å². The number of hydrogen-bond acceptors (Lipinski definition) is 6. The van der Waals surface area contributed by atoms with E-state index >= 15 is 0 Å². The number of carbonyl (C=O) groups excluding carboxylic acids is 3. The van der Waals surface area contributed by atoms with Gasteiger partial charge in [-0.2, -0.15) is 0 Å². The molecule has 0 bridgehead atoms. The minimum Gasteiger partial charge on any atom is -0.469 e. The largest absolute Gasteiger partial charge is 0.469 e. The Morgan fingerprint density at radius 1 is 1.19 bits per heavy atom. The fraction of sp³-hybridized carbons (Fsp3) is 0.278. The molecule has 0 spiro atoms. The second-order valence-electron chi connectivity index (χ2n) is 5.47. The van der Waals surface area contributed by atoms with Gasteiger partial charge in [-0.3, -0.25) is 14.4 Å². The molecule has 1 unspecified atom stereocenters. The number of halogens is 1. The summed E-state index contributed by atoms with van der Waals surface area (Å²) in [5, 5.41) is 7.48. The van der Waals surface area contributed by atoms with Gasteiger partial charge in [0, 0.05) is 15.0 Å². The Bertz CT molecular complexity index is 783. The van der Waals surface area contributed by atoms with Crippen molar-refractivity contribution in [3.63, 3.8) is 0 Å². The minimum atomic E-state index is -0.430. The second-order valence-corrected chi connectivity index (χ2v) is 8.35. The number of methoxy groups -OCH3 is 1. The third kappa shape index (κ3) is 7.74. The van der Waals surface area contributed by atoms with Crippen LogP contribution in [-0.4, -0.2) is 36.4 Å². The Balaban J connectivity index is 1.78. The predicted octanol–water partition coefficient (Wildman–Crippen LogP) is 3.60. The molecule has 0 radical (unpaired) electrons. The van der Waals surface area contributed by atoms with Crippen LogP contribution in [0.3, 0.4) is 0 Å². The van der Waals surface area contributed by atoms with Crippen LogP contribution in [0.15, 0.2) is 46.3 Å². The lowest BCUT2D eigenvalue weighted by molar-refractivity contribution is -0.141. The molecule has 0 aliphatic carbocycles. The van der Waals surface area contributed by atoms with E-state index in [9.17, 15) is 14.4 Å². The highest BCUT2D eigenvalue weighted by molar-refractivity contribution is 9.10. The molecule has 1 aromatic carbocycles. The molecule has 1 atom stereocenters. The van der Waals surface area contributed by atoms with Crippen molar-refractivity contribution >= 4 is 62.5 Å². The average Bonchev–Trinajstić information content (AvgIpc) is 3.15. The molecule has 1 aromatic heterocycles. The minimum absolute atomic E-state index is 0.0663. The number of benzene rings is 1. The standard InChI is InChI=1S/C18H19BrN2O4S2/c1-25-18(24)9-14(15-6-3-7-27-15)21-17(23)11-26-10-16(22)20-13-5-2-4-12(19)8-13/h2-8,14H,9-11H2,1H3,(H,20,22)(H,21,23). The van der Waals surface area contributed by atoms with Crippen LogP contribution in [0, 0.1) is 0 Å². The van der Waals surface area contributed by atoms with Gasteiger partial charge in [-0.1, -0.05) is 28.1 Å². The summed E-state index contributed by atoms with van der Waals surface area (Å²) in [6, 6.07) is 10.6. The van der Waals surface area contributed by atoms with E-state index in [-0.39, 0.29) is 29.7 Å². The zero-order chi connectivity index (χ0) is 19.6. The van der Waals surface area contributed by atoms with E-state index in [1.165, 1.54) is 30.2 Å². The maximum atomic E-state index is 12.2. The molecule has 1 heterocycles. The Morgan fingerprint density at radius 3 is 2.63 bits per heavy atom. The molecule has 0 aliphatic rings. The zero-order valence-corrected chi connectivity index (χ0v) is 17.8. The Kier molecular flexibility index (Phi) is 8.83. The first-order valence-corrected chi connectivity index (χ1v) is 10.8. The van der Waals surface area contributed by atoms with Crippen LogP contribution in [0.4, 0.5) is 5.69 Å². The van der Waals surface area contributed by atoms with Gasteiger partial charge in [-0.25, -0.2) is 0 Å². The zero-order valence-electron chi connectivity index (χ0n) is 14.6. The SMILES string of the molecule is COC(=O)CC(NC(=O)CSCC(=O)Nc1cccc(Br)c1)c1cccs1. The van der Waals surface area contributed by atoms with Gasteiger partial charge >= 0.3 is 5.97 Å². The highest BCUT2D eigenvalue weighted by atomic mass is 79.9. The molecule has 0 saturated heterocycles. The molecule has 2 rings (SSSR count). The van der Waals surface area contributed by atoms with Gasteiger partial charge in [0.15, 0.2) is 0 Å². The van der Waals surface area contributed by atoms with Gasteiger partial charge < -0.3 is 15.4 Å². The van der Waals surface area contributed by atoms with Crippen molar-refractivity contribution in [2.45, 2.75) is 12.5 Å². The van der Waals surface area contributed by atoms with Crippen LogP contribution in [0.2, 0.25) is 0 Å². The monoisotopic (exact) mass is 470 g/mol. The van der Waals surface area contributed by atoms with Gasteiger partial charge in [0.25, 0.3) is 0 Å². The van der Waals surface area contributed by atoms with Crippen molar-refractivity contribution in [1.82, 2.24) is 5.32 Å². The van der Waals surface area contributed by atoms with E-state index in [1.54, 1.807) is 12.1 Å². The number of thioether (sulfide) groups is 1. The predicted molar refractivity (Wildman–Crippen MR) is 112 cm³/mol. The third-order valence-electron chi connectivity index (χ3n) is 3.39. The van der Waals surface area contributed by atoms with Gasteiger partial charge in [-0.15, -0.1) is 23.1 Å². The van der Waals surface area contributed by atoms with E-state index in [4.69, 9.17) is 4.74 Å². The fourth-order valence-electron chi connectivity index (χ4n) is 2.20. The summed E-state index contributed by atoms with van der Waals surface area (Å²) >= 11 is 6.01. The lowest BCUT2D eigenvalue weighted by Gasteiger charge is -2.16. The molecule has 2 amide bonds. The molecule has 2 aromatic rings. The van der Waals surface area contributed by atoms with E-state index in [0.29, 0.717) is 5.69 Å². The topological polar surface area (TPSA) is 84.5 Å². The van der Waals surface area contributed by atoms with E-state index < -0.39 is 12.0 Å². The number of carbonyl (C=O) groups is 3. The molecule has 0 fully saturated rings. The van der Waals surface area contributed by atoms with Gasteiger partial charge in [0.2, 0.25) is 11.8 Å². The summed E-state index contributed by atoms with van der Waals surface area (Å²) in [6.45, 7) is 0. The van der Waals surface area contributed by atoms with Crippen LogP contribution >= 0.6 is 39.0 Å². The summed E-state index contributed by atoms with van der Waals surface area (Å²) in [7, 11) is 1.31. The number of amides is 2. The second kappa shape index (κ2) is 11.1. The summed E-state index contributed by atoms with van der Waals surface area (Å²) in [4.78, 5) is 36.6. The molecule has 27 heavy (non-hydrogen) atoms. The fourth-order valence-corrected chi connectivity index (χ4v) is 4.00. The summed E-state index contributed by atoms with van der Waals surface area (Å²) in [6.07, 6.45) is 0.0663. The highest BCUT2D eigenvalue weighted by Gasteiger charge is 2.20. The van der Waals surface area contributed by atoms with Crippen LogP contribution in [-0.2, 0) is 19.1 Å². The molecular formula is C18H19BrN2O4S2. The number of anilines is 1. The first-order chi connectivity index (χ1) is 13.0. The number of rotatable bonds is 9. The molecule has 2 N–H and O–H groups in total. The van der Waals surface area contributed by atoms with Crippen molar-refractivity contribution in [3.8, 4) is 0 Å².